The summed E-state index contributed by atoms with van der Waals surface area (Å²) in [6.45, 7) is 3.50. The maximum atomic E-state index is 12.6. The molecule has 8 heteroatoms. The van der Waals surface area contributed by atoms with Crippen LogP contribution in [0.15, 0.2) is 30.5 Å². The Labute approximate surface area is 165 Å². The van der Waals surface area contributed by atoms with E-state index in [0.29, 0.717) is 5.56 Å². The Morgan fingerprint density at radius 2 is 1.93 bits per heavy atom. The average molecular weight is 400 g/mol. The Morgan fingerprint density at radius 3 is 2.64 bits per heavy atom. The predicted octanol–water partition coefficient (Wildman–Crippen LogP) is 3.68. The zero-order chi connectivity index (χ0) is 20.3. The number of benzene rings is 1. The molecule has 0 aliphatic carbocycles. The molecular weight excluding hydrogens is 380 g/mol. The number of hydrogen-bond donors (Lipinski definition) is 2. The average Bonchev–Trinajstić information content (AvgIpc) is 3.22. The van der Waals surface area contributed by atoms with Gasteiger partial charge in [0.15, 0.2) is 0 Å². The molecule has 2 N–H and O–H groups in total. The molecule has 0 aliphatic rings. The molecule has 1 amide bonds. The fourth-order valence-corrected chi connectivity index (χ4v) is 4.09. The largest absolute Gasteiger partial charge is 0.465 e. The van der Waals surface area contributed by atoms with Gasteiger partial charge in [0.25, 0.3) is 0 Å². The van der Waals surface area contributed by atoms with Crippen molar-refractivity contribution in [3.8, 4) is 0 Å². The van der Waals surface area contributed by atoms with Crippen molar-refractivity contribution in [3.63, 3.8) is 0 Å². The first-order valence-electron chi connectivity index (χ1n) is 8.69. The number of rotatable bonds is 6. The van der Waals surface area contributed by atoms with Crippen LogP contribution in [0.4, 0.5) is 5.00 Å². The fourth-order valence-electron chi connectivity index (χ4n) is 2.96. The summed E-state index contributed by atoms with van der Waals surface area (Å²) in [5.41, 5.74) is 2.39. The number of H-pyrrole nitrogens is 1. The van der Waals surface area contributed by atoms with E-state index in [-0.39, 0.29) is 34.4 Å². The highest BCUT2D eigenvalue weighted by atomic mass is 32.1. The minimum Gasteiger partial charge on any atom is -0.465 e. The van der Waals surface area contributed by atoms with Crippen LogP contribution in [0.1, 0.15) is 38.1 Å². The number of esters is 2. The van der Waals surface area contributed by atoms with Gasteiger partial charge in [0.1, 0.15) is 9.88 Å². The van der Waals surface area contributed by atoms with Crippen molar-refractivity contribution in [2.24, 2.45) is 0 Å². The van der Waals surface area contributed by atoms with E-state index in [1.54, 1.807) is 20.0 Å². The topological polar surface area (TPSA) is 97.5 Å². The number of hydrogen-bond acceptors (Lipinski definition) is 6. The van der Waals surface area contributed by atoms with Crippen molar-refractivity contribution >= 4 is 45.1 Å². The van der Waals surface area contributed by atoms with Gasteiger partial charge in [0.05, 0.1) is 25.7 Å². The van der Waals surface area contributed by atoms with E-state index in [0.717, 1.165) is 27.8 Å². The molecule has 0 radical (unpaired) electrons. The molecule has 146 valence electrons. The lowest BCUT2D eigenvalue weighted by Gasteiger charge is -2.07. The summed E-state index contributed by atoms with van der Waals surface area (Å²) in [5.74, 6) is -1.45. The van der Waals surface area contributed by atoms with Crippen LogP contribution in [0.2, 0.25) is 0 Å². The van der Waals surface area contributed by atoms with Gasteiger partial charge in [-0.2, -0.15) is 0 Å². The molecule has 2 heterocycles. The van der Waals surface area contributed by atoms with Crippen molar-refractivity contribution in [2.45, 2.75) is 20.3 Å². The lowest BCUT2D eigenvalue weighted by atomic mass is 10.1. The van der Waals surface area contributed by atoms with Crippen molar-refractivity contribution in [3.05, 3.63) is 52.0 Å². The number of carbonyl (C=O) groups is 3. The number of carbonyl (C=O) groups excluding carboxylic acids is 3. The highest BCUT2D eigenvalue weighted by Crippen LogP contribution is 2.34. The van der Waals surface area contributed by atoms with E-state index in [4.69, 9.17) is 9.47 Å². The van der Waals surface area contributed by atoms with Gasteiger partial charge < -0.3 is 19.8 Å². The molecule has 2 aromatic heterocycles. The monoisotopic (exact) mass is 400 g/mol. The van der Waals surface area contributed by atoms with Crippen LogP contribution in [0, 0.1) is 6.92 Å². The zero-order valence-electron chi connectivity index (χ0n) is 15.8. The summed E-state index contributed by atoms with van der Waals surface area (Å²) in [6.07, 6.45) is 1.91. The van der Waals surface area contributed by atoms with Crippen molar-refractivity contribution < 1.29 is 23.9 Å². The summed E-state index contributed by atoms with van der Waals surface area (Å²) in [7, 11) is 1.26. The van der Waals surface area contributed by atoms with Gasteiger partial charge in [-0.1, -0.05) is 18.2 Å². The third-order valence-electron chi connectivity index (χ3n) is 4.28. The SMILES string of the molecule is CCOC(=O)c1c(NC(=O)Cc2c[nH]c3ccccc23)sc(C(=O)OC)c1C. The maximum absolute atomic E-state index is 12.6. The van der Waals surface area contributed by atoms with Crippen LogP contribution < -0.4 is 5.32 Å². The molecule has 0 unspecified atom stereocenters. The molecule has 0 fully saturated rings. The van der Waals surface area contributed by atoms with Gasteiger partial charge in [-0.05, 0) is 31.0 Å². The molecule has 3 rings (SSSR count). The van der Waals surface area contributed by atoms with Gasteiger partial charge in [-0.3, -0.25) is 4.79 Å². The minimum absolute atomic E-state index is 0.122. The van der Waals surface area contributed by atoms with Crippen LogP contribution in [-0.2, 0) is 20.7 Å². The summed E-state index contributed by atoms with van der Waals surface area (Å²) in [4.78, 5) is 40.4. The first-order chi connectivity index (χ1) is 13.5. The molecule has 7 nitrogen and oxygen atoms in total. The lowest BCUT2D eigenvalue weighted by molar-refractivity contribution is -0.115. The van der Waals surface area contributed by atoms with E-state index in [1.807, 2.05) is 24.3 Å². The van der Waals surface area contributed by atoms with Crippen molar-refractivity contribution in [2.75, 3.05) is 19.0 Å². The number of methoxy groups -OCH3 is 1. The van der Waals surface area contributed by atoms with Crippen LogP contribution in [0.25, 0.3) is 10.9 Å². The van der Waals surface area contributed by atoms with Crippen LogP contribution in [0.3, 0.4) is 0 Å². The second-order valence-electron chi connectivity index (χ2n) is 6.06. The lowest BCUT2D eigenvalue weighted by Crippen LogP contribution is -2.16. The second-order valence-corrected chi connectivity index (χ2v) is 7.08. The van der Waals surface area contributed by atoms with Crippen LogP contribution in [-0.4, -0.2) is 36.5 Å². The maximum Gasteiger partial charge on any atom is 0.348 e. The molecule has 0 saturated carbocycles. The van der Waals surface area contributed by atoms with E-state index in [9.17, 15) is 14.4 Å². The third kappa shape index (κ3) is 3.77. The molecule has 3 aromatic rings. The quantitative estimate of drug-likeness (QED) is 0.615. The molecule has 28 heavy (non-hydrogen) atoms. The minimum atomic E-state index is -0.589. The highest BCUT2D eigenvalue weighted by molar-refractivity contribution is 7.18. The van der Waals surface area contributed by atoms with E-state index < -0.39 is 11.9 Å². The van der Waals surface area contributed by atoms with Crippen molar-refractivity contribution in [1.29, 1.82) is 0 Å². The summed E-state index contributed by atoms with van der Waals surface area (Å²) < 4.78 is 9.85. The van der Waals surface area contributed by atoms with E-state index >= 15 is 0 Å². The number of anilines is 1. The molecule has 0 aliphatic heterocycles. The number of fused-ring (bicyclic) bond motifs is 1. The highest BCUT2D eigenvalue weighted by Gasteiger charge is 2.27. The summed E-state index contributed by atoms with van der Waals surface area (Å²) in [6, 6.07) is 7.68. The number of para-hydroxylation sites is 1. The van der Waals surface area contributed by atoms with Gasteiger partial charge in [-0.25, -0.2) is 9.59 Å². The van der Waals surface area contributed by atoms with Crippen LogP contribution in [0.5, 0.6) is 0 Å². The number of amides is 1. The van der Waals surface area contributed by atoms with Gasteiger partial charge >= 0.3 is 11.9 Å². The normalized spacial score (nSPS) is 10.7. The number of aromatic amines is 1. The Kier molecular flexibility index (Phi) is 5.79. The summed E-state index contributed by atoms with van der Waals surface area (Å²) in [5, 5.41) is 3.99. The summed E-state index contributed by atoms with van der Waals surface area (Å²) >= 11 is 1.00. The standard InChI is InChI=1S/C20H20N2O5S/c1-4-27-19(24)16-11(2)17(20(25)26-3)28-18(16)22-15(23)9-12-10-21-14-8-6-5-7-13(12)14/h5-8,10,21H,4,9H2,1-3H3,(H,22,23). The molecule has 0 spiro atoms. The van der Waals surface area contributed by atoms with E-state index in [2.05, 4.69) is 10.3 Å². The molecular formula is C20H20N2O5S. The smallest absolute Gasteiger partial charge is 0.348 e. The zero-order valence-corrected chi connectivity index (χ0v) is 16.6. The number of thiophene rings is 1. The fraction of sp³-hybridized carbons (Fsp3) is 0.250. The van der Waals surface area contributed by atoms with Crippen LogP contribution >= 0.6 is 11.3 Å². The van der Waals surface area contributed by atoms with Gasteiger partial charge in [0.2, 0.25) is 5.91 Å². The first kappa shape index (κ1) is 19.6. The number of nitrogens with one attached hydrogen (secondary N) is 2. The van der Waals surface area contributed by atoms with Gasteiger partial charge in [-0.15, -0.1) is 11.3 Å². The molecule has 0 saturated heterocycles. The third-order valence-corrected chi connectivity index (χ3v) is 5.46. The van der Waals surface area contributed by atoms with E-state index in [1.165, 1.54) is 7.11 Å². The first-order valence-corrected chi connectivity index (χ1v) is 9.51. The number of aromatic nitrogens is 1. The predicted molar refractivity (Wildman–Crippen MR) is 107 cm³/mol. The van der Waals surface area contributed by atoms with Crippen molar-refractivity contribution in [1.82, 2.24) is 4.98 Å². The molecule has 1 aromatic carbocycles. The number of ether oxygens (including phenoxy) is 2. The second kappa shape index (κ2) is 8.26. The van der Waals surface area contributed by atoms with Gasteiger partial charge in [0, 0.05) is 17.1 Å². The molecule has 0 atom stereocenters. The Hall–Kier alpha value is -3.13. The molecule has 0 bridgehead atoms. The Balaban J connectivity index is 1.88. The Bertz CT molecular complexity index is 1050. The Morgan fingerprint density at radius 1 is 1.18 bits per heavy atom.